The summed E-state index contributed by atoms with van der Waals surface area (Å²) >= 11 is 0. The Kier molecular flexibility index (Phi) is 7.56. The standard InChI is InChI=1S/C23H35N3O8/c1-31-14-34-23(9-4-5-10-23)20(28)22(30)26-15-7-6-8-16(26)21(29)25-12-18(27)24(11-17(15)25)13-19(32-2)33-3/h15-17,19H,4-14H2,1-3H3/t15-,16+,17-/m1/s1. The number of ether oxygens (including phenoxy) is 4. The van der Waals surface area contributed by atoms with Crippen molar-refractivity contribution < 1.29 is 38.1 Å². The van der Waals surface area contributed by atoms with E-state index >= 15 is 0 Å². The van der Waals surface area contributed by atoms with Crippen molar-refractivity contribution in [3.05, 3.63) is 0 Å². The first-order valence-electron chi connectivity index (χ1n) is 12.0. The number of hydrogen-bond acceptors (Lipinski definition) is 8. The van der Waals surface area contributed by atoms with Gasteiger partial charge in [0.15, 0.2) is 6.29 Å². The number of carbonyl (C=O) groups excluding carboxylic acids is 4. The third-order valence-electron chi connectivity index (χ3n) is 7.75. The highest BCUT2D eigenvalue weighted by Gasteiger charge is 2.56. The van der Waals surface area contributed by atoms with E-state index in [4.69, 9.17) is 18.9 Å². The van der Waals surface area contributed by atoms with Crippen LogP contribution in [0.1, 0.15) is 44.9 Å². The Morgan fingerprint density at radius 3 is 2.38 bits per heavy atom. The predicted molar refractivity (Wildman–Crippen MR) is 117 cm³/mol. The van der Waals surface area contributed by atoms with Crippen LogP contribution in [0.2, 0.25) is 0 Å². The molecule has 11 nitrogen and oxygen atoms in total. The molecule has 0 radical (unpaired) electrons. The van der Waals surface area contributed by atoms with Crippen molar-refractivity contribution in [3.8, 4) is 0 Å². The maximum Gasteiger partial charge on any atom is 0.294 e. The minimum absolute atomic E-state index is 0.0481. The summed E-state index contributed by atoms with van der Waals surface area (Å²) in [5, 5.41) is 0. The van der Waals surface area contributed by atoms with E-state index in [-0.39, 0.29) is 50.3 Å². The number of piperidine rings is 1. The van der Waals surface area contributed by atoms with Crippen LogP contribution >= 0.6 is 0 Å². The van der Waals surface area contributed by atoms with E-state index in [2.05, 4.69) is 0 Å². The number of hydrogen-bond donors (Lipinski definition) is 0. The lowest BCUT2D eigenvalue weighted by Gasteiger charge is -2.56. The third-order valence-corrected chi connectivity index (χ3v) is 7.75. The lowest BCUT2D eigenvalue weighted by atomic mass is 9.82. The second-order valence-corrected chi connectivity index (χ2v) is 9.54. The van der Waals surface area contributed by atoms with Crippen LogP contribution in [0, 0.1) is 0 Å². The molecule has 11 heteroatoms. The first-order chi connectivity index (χ1) is 16.4. The summed E-state index contributed by atoms with van der Waals surface area (Å²) in [6, 6.07) is -1.45. The van der Waals surface area contributed by atoms with Gasteiger partial charge in [0, 0.05) is 27.9 Å². The van der Waals surface area contributed by atoms with E-state index < -0.39 is 29.6 Å². The first-order valence-corrected chi connectivity index (χ1v) is 12.0. The maximum atomic E-state index is 13.7. The van der Waals surface area contributed by atoms with Gasteiger partial charge in [0.2, 0.25) is 11.8 Å². The van der Waals surface area contributed by atoms with E-state index in [0.29, 0.717) is 25.7 Å². The van der Waals surface area contributed by atoms with Gasteiger partial charge in [0.1, 0.15) is 25.0 Å². The molecule has 3 aliphatic heterocycles. The topological polar surface area (TPSA) is 115 Å². The van der Waals surface area contributed by atoms with Gasteiger partial charge in [-0.3, -0.25) is 19.2 Å². The fraction of sp³-hybridized carbons (Fsp3) is 0.826. The molecule has 0 aromatic carbocycles. The van der Waals surface area contributed by atoms with E-state index in [9.17, 15) is 19.2 Å². The Morgan fingerprint density at radius 1 is 1.03 bits per heavy atom. The molecule has 4 fully saturated rings. The first kappa shape index (κ1) is 25.0. The molecular formula is C23H35N3O8. The Labute approximate surface area is 199 Å². The van der Waals surface area contributed by atoms with Crippen molar-refractivity contribution in [1.82, 2.24) is 14.7 Å². The number of Topliss-reactive ketones (excluding diaryl/α,β-unsaturated/α-hetero) is 1. The minimum atomic E-state index is -1.19. The minimum Gasteiger partial charge on any atom is -0.359 e. The number of ketones is 1. The van der Waals surface area contributed by atoms with Gasteiger partial charge in [-0.2, -0.15) is 0 Å². The van der Waals surface area contributed by atoms with Crippen LogP contribution in [0.3, 0.4) is 0 Å². The molecule has 0 aromatic rings. The average molecular weight is 482 g/mol. The smallest absolute Gasteiger partial charge is 0.294 e. The van der Waals surface area contributed by atoms with E-state index in [1.54, 1.807) is 9.80 Å². The van der Waals surface area contributed by atoms with Gasteiger partial charge in [-0.1, -0.05) is 0 Å². The number of carbonyl (C=O) groups is 4. The van der Waals surface area contributed by atoms with Gasteiger partial charge in [-0.25, -0.2) is 0 Å². The molecule has 3 saturated heterocycles. The van der Waals surface area contributed by atoms with Gasteiger partial charge in [0.05, 0.1) is 18.6 Å². The Hall–Kier alpha value is -2.08. The van der Waals surface area contributed by atoms with Crippen molar-refractivity contribution >= 4 is 23.5 Å². The summed E-state index contributed by atoms with van der Waals surface area (Å²) in [7, 11) is 4.48. The molecular weight excluding hydrogens is 446 g/mol. The van der Waals surface area contributed by atoms with Crippen molar-refractivity contribution in [3.63, 3.8) is 0 Å². The van der Waals surface area contributed by atoms with Crippen molar-refractivity contribution in [2.45, 2.75) is 75.0 Å². The van der Waals surface area contributed by atoms with Crippen LogP contribution in [0.25, 0.3) is 0 Å². The summed E-state index contributed by atoms with van der Waals surface area (Å²) in [5.74, 6) is -1.70. The molecule has 0 spiro atoms. The summed E-state index contributed by atoms with van der Waals surface area (Å²) in [4.78, 5) is 58.1. The van der Waals surface area contributed by atoms with Crippen molar-refractivity contribution in [1.29, 1.82) is 0 Å². The second kappa shape index (κ2) is 10.3. The SMILES string of the molecule is COCOC1(C(=O)C(=O)N2[C@@H]3CCC[C@H]2C(=O)N2CC(=O)N(CC(OC)OC)C[C@H]32)CCCC1. The highest BCUT2D eigenvalue weighted by atomic mass is 16.7. The molecule has 4 rings (SSSR count). The summed E-state index contributed by atoms with van der Waals surface area (Å²) in [6.07, 6.45) is 3.85. The molecule has 3 heterocycles. The lowest BCUT2D eigenvalue weighted by Crippen LogP contribution is -2.75. The fourth-order valence-corrected chi connectivity index (χ4v) is 5.96. The zero-order valence-corrected chi connectivity index (χ0v) is 20.2. The average Bonchev–Trinajstić information content (AvgIpc) is 3.34. The van der Waals surface area contributed by atoms with Crippen molar-refractivity contribution in [2.75, 3.05) is 47.8 Å². The summed E-state index contributed by atoms with van der Waals surface area (Å²) < 4.78 is 21.3. The van der Waals surface area contributed by atoms with Gasteiger partial charge in [-0.05, 0) is 44.9 Å². The second-order valence-electron chi connectivity index (χ2n) is 9.54. The van der Waals surface area contributed by atoms with E-state index in [1.165, 1.54) is 26.2 Å². The van der Waals surface area contributed by atoms with Gasteiger partial charge in [-0.15, -0.1) is 0 Å². The monoisotopic (exact) mass is 481 g/mol. The van der Waals surface area contributed by atoms with Gasteiger partial charge in [0.25, 0.3) is 11.7 Å². The number of rotatable bonds is 9. The zero-order chi connectivity index (χ0) is 24.5. The molecule has 0 unspecified atom stereocenters. The molecule has 2 bridgehead atoms. The molecule has 1 saturated carbocycles. The predicted octanol–water partition coefficient (Wildman–Crippen LogP) is -0.0896. The quantitative estimate of drug-likeness (QED) is 0.332. The Morgan fingerprint density at radius 2 is 1.74 bits per heavy atom. The maximum absolute atomic E-state index is 13.7. The number of methoxy groups -OCH3 is 3. The molecule has 34 heavy (non-hydrogen) atoms. The molecule has 1 aliphatic carbocycles. The number of fused-ring (bicyclic) bond motifs is 4. The number of nitrogens with zero attached hydrogens (tertiary/aromatic N) is 3. The summed E-state index contributed by atoms with van der Waals surface area (Å²) in [5.41, 5.74) is -1.19. The third kappa shape index (κ3) is 4.34. The molecule has 3 atom stereocenters. The molecule has 190 valence electrons. The Balaban J connectivity index is 1.58. The molecule has 4 aliphatic rings. The Bertz CT molecular complexity index is 810. The largest absolute Gasteiger partial charge is 0.359 e. The van der Waals surface area contributed by atoms with Crippen LogP contribution in [0.4, 0.5) is 0 Å². The molecule has 0 aromatic heterocycles. The molecule has 0 N–H and O–H groups in total. The van der Waals surface area contributed by atoms with Crippen LogP contribution in [-0.2, 0) is 38.1 Å². The van der Waals surface area contributed by atoms with Crippen LogP contribution < -0.4 is 0 Å². The van der Waals surface area contributed by atoms with E-state index in [1.807, 2.05) is 0 Å². The van der Waals surface area contributed by atoms with Crippen LogP contribution in [-0.4, -0.2) is 116 Å². The fourth-order valence-electron chi connectivity index (χ4n) is 5.96. The number of piperazine rings is 2. The normalized spacial score (nSPS) is 28.5. The highest BCUT2D eigenvalue weighted by Crippen LogP contribution is 2.39. The van der Waals surface area contributed by atoms with Crippen LogP contribution in [0.5, 0.6) is 0 Å². The number of amides is 3. The van der Waals surface area contributed by atoms with Gasteiger partial charge >= 0.3 is 0 Å². The van der Waals surface area contributed by atoms with Gasteiger partial charge < -0.3 is 33.6 Å². The molecule has 3 amide bonds. The lowest BCUT2D eigenvalue weighted by molar-refractivity contribution is -0.184. The van der Waals surface area contributed by atoms with Crippen LogP contribution in [0.15, 0.2) is 0 Å². The highest BCUT2D eigenvalue weighted by molar-refractivity contribution is 6.39. The van der Waals surface area contributed by atoms with Crippen molar-refractivity contribution in [2.24, 2.45) is 0 Å². The van der Waals surface area contributed by atoms with E-state index in [0.717, 1.165) is 19.3 Å². The zero-order valence-electron chi connectivity index (χ0n) is 20.2. The summed E-state index contributed by atoms with van der Waals surface area (Å²) in [6.45, 7) is 0.363.